The van der Waals surface area contributed by atoms with E-state index in [1.165, 1.54) is 5.56 Å². The molecule has 1 heterocycles. The Morgan fingerprint density at radius 1 is 1.00 bits per heavy atom. The van der Waals surface area contributed by atoms with E-state index in [4.69, 9.17) is 9.47 Å². The molecular weight excluding hydrogens is 240 g/mol. The third-order valence-corrected chi connectivity index (χ3v) is 3.08. The summed E-state index contributed by atoms with van der Waals surface area (Å²) in [6.45, 7) is 1.07. The molecule has 0 amide bonds. The fraction of sp³-hybridized carbons (Fsp3) is 0.200. The zero-order valence-corrected chi connectivity index (χ0v) is 10.8. The fourth-order valence-electron chi connectivity index (χ4n) is 2.04. The number of benzene rings is 2. The monoisotopic (exact) mass is 256 g/mol. The first kappa shape index (κ1) is 11.7. The predicted octanol–water partition coefficient (Wildman–Crippen LogP) is 3.07. The smallest absolute Gasteiger partial charge is 0.231 e. The van der Waals surface area contributed by atoms with Crippen LogP contribution in [0.5, 0.6) is 11.5 Å². The molecule has 2 aromatic carbocycles. The van der Waals surface area contributed by atoms with Crippen LogP contribution in [0, 0.1) is 0 Å². The Hall–Kier alpha value is -2.36. The van der Waals surface area contributed by atoms with Crippen molar-refractivity contribution in [3.8, 4) is 11.5 Å². The van der Waals surface area contributed by atoms with Crippen molar-refractivity contribution in [3.05, 3.63) is 48.0 Å². The Bertz CT molecular complexity index is 584. The molecule has 98 valence electrons. The molecule has 4 heteroatoms. The van der Waals surface area contributed by atoms with Gasteiger partial charge in [0.15, 0.2) is 11.5 Å². The summed E-state index contributed by atoms with van der Waals surface area (Å²) >= 11 is 0. The highest BCUT2D eigenvalue weighted by Crippen LogP contribution is 2.32. The summed E-state index contributed by atoms with van der Waals surface area (Å²) in [5.41, 5.74) is 3.35. The molecule has 0 fully saturated rings. The summed E-state index contributed by atoms with van der Waals surface area (Å²) in [5, 5.41) is 6.51. The highest BCUT2D eigenvalue weighted by molar-refractivity contribution is 5.56. The van der Waals surface area contributed by atoms with Gasteiger partial charge >= 0.3 is 0 Å². The third kappa shape index (κ3) is 2.57. The first-order valence-corrected chi connectivity index (χ1v) is 6.25. The van der Waals surface area contributed by atoms with Crippen LogP contribution in [0.2, 0.25) is 0 Å². The average molecular weight is 256 g/mol. The van der Waals surface area contributed by atoms with Crippen LogP contribution < -0.4 is 20.1 Å². The minimum Gasteiger partial charge on any atom is -0.454 e. The Morgan fingerprint density at radius 3 is 2.74 bits per heavy atom. The molecule has 1 aliphatic heterocycles. The van der Waals surface area contributed by atoms with Gasteiger partial charge in [0.2, 0.25) is 6.79 Å². The molecule has 2 aromatic rings. The van der Waals surface area contributed by atoms with Crippen LogP contribution in [0.4, 0.5) is 11.4 Å². The van der Waals surface area contributed by atoms with Crippen LogP contribution in [0.3, 0.4) is 0 Å². The predicted molar refractivity (Wildman–Crippen MR) is 75.9 cm³/mol. The number of hydrogen-bond acceptors (Lipinski definition) is 4. The van der Waals surface area contributed by atoms with E-state index in [1.807, 2.05) is 43.4 Å². The van der Waals surface area contributed by atoms with Gasteiger partial charge < -0.3 is 20.1 Å². The number of rotatable bonds is 4. The van der Waals surface area contributed by atoms with Crippen molar-refractivity contribution >= 4 is 11.4 Å². The van der Waals surface area contributed by atoms with Crippen LogP contribution in [0.25, 0.3) is 0 Å². The lowest BCUT2D eigenvalue weighted by atomic mass is 10.2. The van der Waals surface area contributed by atoms with Gasteiger partial charge in [0.1, 0.15) is 0 Å². The van der Waals surface area contributed by atoms with E-state index in [2.05, 4.69) is 16.7 Å². The van der Waals surface area contributed by atoms with Gasteiger partial charge in [0.05, 0.1) is 0 Å². The van der Waals surface area contributed by atoms with E-state index in [0.29, 0.717) is 6.79 Å². The lowest BCUT2D eigenvalue weighted by molar-refractivity contribution is 0.174. The molecular formula is C15H16N2O2. The van der Waals surface area contributed by atoms with E-state index in [-0.39, 0.29) is 0 Å². The zero-order chi connectivity index (χ0) is 13.1. The molecule has 4 nitrogen and oxygen atoms in total. The van der Waals surface area contributed by atoms with Gasteiger partial charge in [-0.05, 0) is 35.9 Å². The van der Waals surface area contributed by atoms with Crippen LogP contribution in [0.1, 0.15) is 5.56 Å². The molecule has 3 rings (SSSR count). The van der Waals surface area contributed by atoms with Gasteiger partial charge in [-0.3, -0.25) is 0 Å². The summed E-state index contributed by atoms with van der Waals surface area (Å²) < 4.78 is 10.7. The highest BCUT2D eigenvalue weighted by atomic mass is 16.7. The van der Waals surface area contributed by atoms with Crippen LogP contribution in [-0.4, -0.2) is 13.8 Å². The fourth-order valence-corrected chi connectivity index (χ4v) is 2.04. The maximum Gasteiger partial charge on any atom is 0.231 e. The summed E-state index contributed by atoms with van der Waals surface area (Å²) in [7, 11) is 1.91. The molecule has 0 atom stereocenters. The standard InChI is InChI=1S/C15H16N2O2/c1-16-12-3-2-4-13(8-12)17-9-11-5-6-14-15(7-11)19-10-18-14/h2-8,16-17H,9-10H2,1H3. The molecule has 2 N–H and O–H groups in total. The first-order valence-electron chi connectivity index (χ1n) is 6.25. The summed E-state index contributed by atoms with van der Waals surface area (Å²) in [4.78, 5) is 0. The molecule has 0 bridgehead atoms. The second kappa shape index (κ2) is 5.10. The Balaban J connectivity index is 1.68. The van der Waals surface area contributed by atoms with Crippen molar-refractivity contribution < 1.29 is 9.47 Å². The molecule has 19 heavy (non-hydrogen) atoms. The van der Waals surface area contributed by atoms with Gasteiger partial charge in [-0.2, -0.15) is 0 Å². The number of nitrogens with one attached hydrogen (secondary N) is 2. The quantitative estimate of drug-likeness (QED) is 0.882. The van der Waals surface area contributed by atoms with Crippen LogP contribution in [0.15, 0.2) is 42.5 Å². The van der Waals surface area contributed by atoms with Crippen molar-refractivity contribution in [3.63, 3.8) is 0 Å². The molecule has 0 saturated heterocycles. The molecule has 0 aromatic heterocycles. The van der Waals surface area contributed by atoms with Crippen molar-refractivity contribution in [2.45, 2.75) is 6.54 Å². The van der Waals surface area contributed by atoms with Gasteiger partial charge in [-0.1, -0.05) is 12.1 Å². The second-order valence-corrected chi connectivity index (χ2v) is 4.37. The normalized spacial score (nSPS) is 12.3. The molecule has 0 unspecified atom stereocenters. The van der Waals surface area contributed by atoms with E-state index < -0.39 is 0 Å². The molecule has 0 aliphatic carbocycles. The first-order chi connectivity index (χ1) is 9.35. The van der Waals surface area contributed by atoms with Crippen molar-refractivity contribution in [1.29, 1.82) is 0 Å². The molecule has 0 spiro atoms. The minimum atomic E-state index is 0.316. The van der Waals surface area contributed by atoms with Crippen molar-refractivity contribution in [2.75, 3.05) is 24.5 Å². The zero-order valence-electron chi connectivity index (χ0n) is 10.8. The number of fused-ring (bicyclic) bond motifs is 1. The highest BCUT2D eigenvalue weighted by Gasteiger charge is 2.12. The molecule has 1 aliphatic rings. The number of hydrogen-bond donors (Lipinski definition) is 2. The van der Waals surface area contributed by atoms with Gasteiger partial charge in [0, 0.05) is 25.0 Å². The SMILES string of the molecule is CNc1cccc(NCc2ccc3c(c2)OCO3)c1. The van der Waals surface area contributed by atoms with E-state index >= 15 is 0 Å². The lowest BCUT2D eigenvalue weighted by Gasteiger charge is -2.09. The second-order valence-electron chi connectivity index (χ2n) is 4.37. The maximum atomic E-state index is 5.37. The van der Waals surface area contributed by atoms with E-state index in [1.54, 1.807) is 0 Å². The minimum absolute atomic E-state index is 0.316. The van der Waals surface area contributed by atoms with Crippen LogP contribution in [-0.2, 0) is 6.54 Å². The van der Waals surface area contributed by atoms with E-state index in [0.717, 1.165) is 29.4 Å². The topological polar surface area (TPSA) is 42.5 Å². The van der Waals surface area contributed by atoms with E-state index in [9.17, 15) is 0 Å². The van der Waals surface area contributed by atoms with Crippen LogP contribution >= 0.6 is 0 Å². The Kier molecular flexibility index (Phi) is 3.14. The van der Waals surface area contributed by atoms with Crippen molar-refractivity contribution in [2.24, 2.45) is 0 Å². The summed E-state index contributed by atoms with van der Waals surface area (Å²) in [6, 6.07) is 14.2. The van der Waals surface area contributed by atoms with Gasteiger partial charge in [-0.15, -0.1) is 0 Å². The third-order valence-electron chi connectivity index (χ3n) is 3.08. The largest absolute Gasteiger partial charge is 0.454 e. The van der Waals surface area contributed by atoms with Gasteiger partial charge in [0.25, 0.3) is 0 Å². The van der Waals surface area contributed by atoms with Crippen molar-refractivity contribution in [1.82, 2.24) is 0 Å². The number of anilines is 2. The maximum absolute atomic E-state index is 5.37. The van der Waals surface area contributed by atoms with Gasteiger partial charge in [-0.25, -0.2) is 0 Å². The average Bonchev–Trinajstić information content (AvgIpc) is 2.93. The Morgan fingerprint density at radius 2 is 1.84 bits per heavy atom. The lowest BCUT2D eigenvalue weighted by Crippen LogP contribution is -2.00. The Labute approximate surface area is 112 Å². The number of ether oxygens (including phenoxy) is 2. The summed E-state index contributed by atoms with van der Waals surface area (Å²) in [5.74, 6) is 1.64. The summed E-state index contributed by atoms with van der Waals surface area (Å²) in [6.07, 6.45) is 0. The molecule has 0 saturated carbocycles. The molecule has 0 radical (unpaired) electrons.